The topological polar surface area (TPSA) is 78.3 Å². The summed E-state index contributed by atoms with van der Waals surface area (Å²) in [6.45, 7) is 0. The van der Waals surface area contributed by atoms with E-state index >= 15 is 0 Å². The Morgan fingerprint density at radius 3 is 2.76 bits per heavy atom. The Labute approximate surface area is 97.1 Å². The van der Waals surface area contributed by atoms with Gasteiger partial charge in [0.2, 0.25) is 0 Å². The normalized spacial score (nSPS) is 9.59. The van der Waals surface area contributed by atoms with Crippen LogP contribution < -0.4 is 0 Å². The summed E-state index contributed by atoms with van der Waals surface area (Å²) >= 11 is 0. The number of pyridine rings is 1. The number of fused-ring (bicyclic) bond motifs is 1. The Morgan fingerprint density at radius 2 is 2.18 bits per heavy atom. The van der Waals surface area contributed by atoms with Gasteiger partial charge in [0.25, 0.3) is 0 Å². The molecule has 0 aliphatic heterocycles. The van der Waals surface area contributed by atoms with Crippen LogP contribution in [0.3, 0.4) is 0 Å². The van der Waals surface area contributed by atoms with Gasteiger partial charge in [-0.1, -0.05) is 0 Å². The minimum Gasteiger partial charge on any atom is -0.465 e. The van der Waals surface area contributed by atoms with Gasteiger partial charge in [-0.3, -0.25) is 0 Å². The molecule has 0 radical (unpaired) electrons. The molecule has 0 aliphatic carbocycles. The van der Waals surface area contributed by atoms with Crippen molar-refractivity contribution in [2.75, 3.05) is 7.11 Å². The van der Waals surface area contributed by atoms with Gasteiger partial charge in [0.05, 0.1) is 23.8 Å². The molecule has 17 heavy (non-hydrogen) atoms. The molecule has 2 rings (SSSR count). The number of carbonyl (C=O) groups is 1. The highest BCUT2D eigenvalue weighted by Crippen LogP contribution is 2.21. The molecule has 5 heteroatoms. The third-order valence-corrected chi connectivity index (χ3v) is 2.43. The predicted octanol–water partition coefficient (Wildman–Crippen LogP) is 1.47. The van der Waals surface area contributed by atoms with Crippen LogP contribution in [0, 0.1) is 22.7 Å². The second-order valence-corrected chi connectivity index (χ2v) is 3.30. The van der Waals surface area contributed by atoms with E-state index in [0.717, 1.165) is 0 Å². The van der Waals surface area contributed by atoms with Crippen molar-refractivity contribution in [2.24, 2.45) is 0 Å². The van der Waals surface area contributed by atoms with Crippen LogP contribution in [0.25, 0.3) is 5.52 Å². The number of nitriles is 2. The summed E-state index contributed by atoms with van der Waals surface area (Å²) in [5.74, 6) is -0.563. The lowest BCUT2D eigenvalue weighted by atomic mass is 10.2. The van der Waals surface area contributed by atoms with E-state index in [0.29, 0.717) is 11.1 Å². The third kappa shape index (κ3) is 1.51. The van der Waals surface area contributed by atoms with Gasteiger partial charge in [-0.2, -0.15) is 10.5 Å². The van der Waals surface area contributed by atoms with Gasteiger partial charge in [0.1, 0.15) is 17.8 Å². The summed E-state index contributed by atoms with van der Waals surface area (Å²) in [4.78, 5) is 11.6. The SMILES string of the molecule is COC(=O)c1cc(C#N)n2cccc(C#N)c12. The van der Waals surface area contributed by atoms with Crippen LogP contribution in [-0.2, 0) is 4.74 Å². The Bertz CT molecular complexity index is 686. The fourth-order valence-electron chi connectivity index (χ4n) is 1.70. The quantitative estimate of drug-likeness (QED) is 0.688. The number of carbonyl (C=O) groups excluding carboxylic acids is 1. The predicted molar refractivity (Wildman–Crippen MR) is 58.2 cm³/mol. The van der Waals surface area contributed by atoms with E-state index in [1.54, 1.807) is 18.3 Å². The lowest BCUT2D eigenvalue weighted by Gasteiger charge is -2.00. The van der Waals surface area contributed by atoms with Crippen molar-refractivity contribution in [3.63, 3.8) is 0 Å². The average Bonchev–Trinajstić information content (AvgIpc) is 2.76. The van der Waals surface area contributed by atoms with E-state index in [4.69, 9.17) is 10.5 Å². The third-order valence-electron chi connectivity index (χ3n) is 2.43. The molecule has 0 fully saturated rings. The highest BCUT2D eigenvalue weighted by molar-refractivity contribution is 5.99. The van der Waals surface area contributed by atoms with Crippen molar-refractivity contribution < 1.29 is 9.53 Å². The molecule has 0 saturated heterocycles. The summed E-state index contributed by atoms with van der Waals surface area (Å²) in [5.41, 5.74) is 1.24. The Kier molecular flexibility index (Phi) is 2.52. The van der Waals surface area contributed by atoms with Crippen LogP contribution in [0.1, 0.15) is 21.6 Å². The molecule has 2 heterocycles. The average molecular weight is 225 g/mol. The highest BCUT2D eigenvalue weighted by Gasteiger charge is 2.18. The molecule has 5 nitrogen and oxygen atoms in total. The summed E-state index contributed by atoms with van der Waals surface area (Å²) in [7, 11) is 1.26. The molecule has 0 atom stereocenters. The zero-order chi connectivity index (χ0) is 12.4. The smallest absolute Gasteiger partial charge is 0.340 e. The zero-order valence-corrected chi connectivity index (χ0v) is 8.97. The molecule has 0 aromatic carbocycles. The van der Waals surface area contributed by atoms with Crippen LogP contribution in [0.2, 0.25) is 0 Å². The van der Waals surface area contributed by atoms with Gasteiger partial charge in [0, 0.05) is 6.20 Å². The first-order chi connectivity index (χ1) is 8.22. The van der Waals surface area contributed by atoms with Gasteiger partial charge in [-0.25, -0.2) is 4.79 Å². The van der Waals surface area contributed by atoms with Gasteiger partial charge >= 0.3 is 5.97 Å². The molecule has 0 aliphatic rings. The first-order valence-corrected chi connectivity index (χ1v) is 4.75. The molecule has 82 valence electrons. The zero-order valence-electron chi connectivity index (χ0n) is 8.97. The van der Waals surface area contributed by atoms with Gasteiger partial charge in [-0.15, -0.1) is 0 Å². The minimum atomic E-state index is -0.563. The lowest BCUT2D eigenvalue weighted by molar-refractivity contribution is 0.0603. The second-order valence-electron chi connectivity index (χ2n) is 3.30. The van der Waals surface area contributed by atoms with E-state index in [1.807, 2.05) is 12.1 Å². The van der Waals surface area contributed by atoms with Crippen molar-refractivity contribution >= 4 is 11.5 Å². The fourth-order valence-corrected chi connectivity index (χ4v) is 1.70. The lowest BCUT2D eigenvalue weighted by Crippen LogP contribution is -2.01. The first kappa shape index (κ1) is 10.7. The van der Waals surface area contributed by atoms with E-state index in [9.17, 15) is 4.79 Å². The van der Waals surface area contributed by atoms with E-state index in [1.165, 1.54) is 17.6 Å². The summed E-state index contributed by atoms with van der Waals surface area (Å²) in [5, 5.41) is 18.0. The maximum Gasteiger partial charge on any atom is 0.340 e. The molecule has 0 spiro atoms. The van der Waals surface area contributed by atoms with Crippen LogP contribution in [0.15, 0.2) is 24.4 Å². The molecular weight excluding hydrogens is 218 g/mol. The summed E-state index contributed by atoms with van der Waals surface area (Å²) in [6, 6.07) is 8.61. The number of hydrogen-bond acceptors (Lipinski definition) is 4. The molecule has 0 bridgehead atoms. The van der Waals surface area contributed by atoms with Crippen molar-refractivity contribution in [1.82, 2.24) is 4.40 Å². The minimum absolute atomic E-state index is 0.223. The van der Waals surface area contributed by atoms with Crippen molar-refractivity contribution in [1.29, 1.82) is 10.5 Å². The number of nitrogens with zero attached hydrogens (tertiary/aromatic N) is 3. The van der Waals surface area contributed by atoms with E-state index in [-0.39, 0.29) is 11.3 Å². The largest absolute Gasteiger partial charge is 0.465 e. The number of rotatable bonds is 1. The van der Waals surface area contributed by atoms with Gasteiger partial charge in [-0.05, 0) is 18.2 Å². The van der Waals surface area contributed by atoms with Crippen molar-refractivity contribution in [3.05, 3.63) is 41.2 Å². The number of ether oxygens (including phenoxy) is 1. The number of esters is 1. The molecular formula is C12H7N3O2. The van der Waals surface area contributed by atoms with Gasteiger partial charge < -0.3 is 9.14 Å². The van der Waals surface area contributed by atoms with E-state index in [2.05, 4.69) is 4.74 Å². The number of hydrogen-bond donors (Lipinski definition) is 0. The highest BCUT2D eigenvalue weighted by atomic mass is 16.5. The van der Waals surface area contributed by atoms with Gasteiger partial charge in [0.15, 0.2) is 0 Å². The standard InChI is InChI=1S/C12H7N3O2/c1-17-12(16)10-5-9(7-14)15-4-2-3-8(6-13)11(10)15/h2-5H,1H3. The van der Waals surface area contributed by atoms with Crippen molar-refractivity contribution in [3.8, 4) is 12.1 Å². The Morgan fingerprint density at radius 1 is 1.41 bits per heavy atom. The second kappa shape index (κ2) is 3.99. The van der Waals surface area contributed by atoms with Crippen LogP contribution in [-0.4, -0.2) is 17.5 Å². The maximum absolute atomic E-state index is 11.6. The molecule has 0 saturated carbocycles. The van der Waals surface area contributed by atoms with Crippen molar-refractivity contribution in [2.45, 2.75) is 0 Å². The molecule has 0 unspecified atom stereocenters. The van der Waals surface area contributed by atoms with Crippen LogP contribution in [0.5, 0.6) is 0 Å². The molecule has 0 N–H and O–H groups in total. The summed E-state index contributed by atoms with van der Waals surface area (Å²) in [6.07, 6.45) is 1.63. The fraction of sp³-hybridized carbons (Fsp3) is 0.0833. The monoisotopic (exact) mass is 225 g/mol. The Hall–Kier alpha value is -2.79. The van der Waals surface area contributed by atoms with E-state index < -0.39 is 5.97 Å². The number of aromatic nitrogens is 1. The van der Waals surface area contributed by atoms with Crippen LogP contribution in [0.4, 0.5) is 0 Å². The molecule has 2 aromatic rings. The van der Waals surface area contributed by atoms with Crippen LogP contribution >= 0.6 is 0 Å². The maximum atomic E-state index is 11.6. The number of methoxy groups -OCH3 is 1. The Balaban J connectivity index is 2.91. The first-order valence-electron chi connectivity index (χ1n) is 4.75. The molecule has 0 amide bonds. The molecule has 2 aromatic heterocycles. The summed E-state index contributed by atoms with van der Waals surface area (Å²) < 4.78 is 6.14.